The van der Waals surface area contributed by atoms with Gasteiger partial charge in [0, 0.05) is 24.3 Å². The number of fused-ring (bicyclic) bond motifs is 2. The molecular formula is C20H22O3. The Morgan fingerprint density at radius 2 is 2.13 bits per heavy atom. The number of rotatable bonds is 0. The molecular weight excluding hydrogens is 288 g/mol. The molecule has 0 fully saturated rings. The average Bonchev–Trinajstić information content (AvgIpc) is 2.46. The van der Waals surface area contributed by atoms with E-state index >= 15 is 0 Å². The van der Waals surface area contributed by atoms with E-state index in [1.54, 1.807) is 12.1 Å². The van der Waals surface area contributed by atoms with E-state index in [-0.39, 0.29) is 17.3 Å². The number of phenols is 1. The van der Waals surface area contributed by atoms with Crippen molar-refractivity contribution >= 4 is 5.78 Å². The molecule has 0 amide bonds. The molecule has 3 heteroatoms. The van der Waals surface area contributed by atoms with Crippen molar-refractivity contribution in [2.24, 2.45) is 0 Å². The summed E-state index contributed by atoms with van der Waals surface area (Å²) in [5.41, 5.74) is 4.48. The van der Waals surface area contributed by atoms with Crippen LogP contribution in [0.1, 0.15) is 57.4 Å². The maximum Gasteiger partial charge on any atom is 0.137 e. The summed E-state index contributed by atoms with van der Waals surface area (Å²) in [5.74, 6) is 1.39. The fourth-order valence-electron chi connectivity index (χ4n) is 4.53. The topological polar surface area (TPSA) is 46.5 Å². The van der Waals surface area contributed by atoms with Crippen molar-refractivity contribution < 1.29 is 14.6 Å². The van der Waals surface area contributed by atoms with Crippen molar-refractivity contribution in [3.05, 3.63) is 46.6 Å². The normalized spacial score (nSPS) is 29.7. The van der Waals surface area contributed by atoms with Gasteiger partial charge in [-0.25, -0.2) is 0 Å². The minimum atomic E-state index is -0.345. The van der Waals surface area contributed by atoms with Gasteiger partial charge in [0.2, 0.25) is 0 Å². The Hall–Kier alpha value is -2.03. The molecule has 1 N–H and O–H groups in total. The Bertz CT molecular complexity index is 756. The van der Waals surface area contributed by atoms with E-state index in [1.165, 1.54) is 16.7 Å². The summed E-state index contributed by atoms with van der Waals surface area (Å²) in [7, 11) is 0. The van der Waals surface area contributed by atoms with Gasteiger partial charge in [-0.15, -0.1) is 0 Å². The molecule has 0 bridgehead atoms. The van der Waals surface area contributed by atoms with Crippen LogP contribution in [0.25, 0.3) is 0 Å². The molecule has 1 aromatic carbocycles. The Morgan fingerprint density at radius 3 is 2.96 bits per heavy atom. The molecule has 0 saturated carbocycles. The maximum atomic E-state index is 12.4. The lowest BCUT2D eigenvalue weighted by Gasteiger charge is -2.46. The molecule has 2 aliphatic carbocycles. The highest BCUT2D eigenvalue weighted by molar-refractivity contribution is 5.85. The van der Waals surface area contributed by atoms with Gasteiger partial charge < -0.3 is 9.84 Å². The molecule has 1 aromatic rings. The van der Waals surface area contributed by atoms with Crippen LogP contribution in [-0.4, -0.2) is 16.5 Å². The summed E-state index contributed by atoms with van der Waals surface area (Å²) in [6, 6.07) is 5.27. The quantitative estimate of drug-likeness (QED) is 0.722. The zero-order valence-electron chi connectivity index (χ0n) is 13.7. The van der Waals surface area contributed by atoms with E-state index in [0.717, 1.165) is 30.6 Å². The Morgan fingerprint density at radius 1 is 1.30 bits per heavy atom. The highest BCUT2D eigenvalue weighted by Crippen LogP contribution is 2.53. The Balaban J connectivity index is 1.95. The molecule has 2 unspecified atom stereocenters. The maximum absolute atomic E-state index is 12.4. The number of benzene rings is 1. The SMILES string of the molecule is CC1=CCCC2(C)Oc3ccc(O)cc3C3CC(=O)CC(=C32)C1. The molecule has 0 spiro atoms. The number of Topliss-reactive ketones (excluding diaryl/α,β-unsaturated/α-hetero) is 1. The zero-order chi connectivity index (χ0) is 16.2. The largest absolute Gasteiger partial charge is 0.508 e. The van der Waals surface area contributed by atoms with Crippen LogP contribution in [0.5, 0.6) is 11.5 Å². The number of hydrogen-bond donors (Lipinski definition) is 1. The molecule has 3 aliphatic rings. The van der Waals surface area contributed by atoms with Gasteiger partial charge in [-0.3, -0.25) is 4.79 Å². The smallest absolute Gasteiger partial charge is 0.137 e. The fourth-order valence-corrected chi connectivity index (χ4v) is 4.53. The molecule has 0 aromatic heterocycles. The summed E-state index contributed by atoms with van der Waals surface area (Å²) >= 11 is 0. The van der Waals surface area contributed by atoms with Crippen molar-refractivity contribution in [1.82, 2.24) is 0 Å². The van der Waals surface area contributed by atoms with Crippen molar-refractivity contribution in [2.45, 2.75) is 57.5 Å². The van der Waals surface area contributed by atoms with Crippen LogP contribution < -0.4 is 4.74 Å². The number of phenolic OH excluding ortho intramolecular Hbond substituents is 1. The van der Waals surface area contributed by atoms with E-state index in [0.29, 0.717) is 18.6 Å². The van der Waals surface area contributed by atoms with Crippen LogP contribution in [0.4, 0.5) is 0 Å². The van der Waals surface area contributed by atoms with E-state index in [4.69, 9.17) is 4.74 Å². The lowest BCUT2D eigenvalue weighted by atomic mass is 9.67. The number of aromatic hydroxyl groups is 1. The van der Waals surface area contributed by atoms with Gasteiger partial charge >= 0.3 is 0 Å². The molecule has 120 valence electrons. The average molecular weight is 310 g/mol. The molecule has 23 heavy (non-hydrogen) atoms. The number of carbonyl (C=O) groups is 1. The summed E-state index contributed by atoms with van der Waals surface area (Å²) in [4.78, 5) is 12.4. The molecule has 3 nitrogen and oxygen atoms in total. The second-order valence-corrected chi connectivity index (χ2v) is 7.31. The van der Waals surface area contributed by atoms with Crippen LogP contribution in [-0.2, 0) is 4.79 Å². The third-order valence-electron chi connectivity index (χ3n) is 5.45. The van der Waals surface area contributed by atoms with Gasteiger partial charge in [-0.05, 0) is 56.9 Å². The molecule has 0 saturated heterocycles. The first-order chi connectivity index (χ1) is 11.0. The van der Waals surface area contributed by atoms with Crippen LogP contribution in [0.15, 0.2) is 41.0 Å². The Kier molecular flexibility index (Phi) is 3.15. The van der Waals surface area contributed by atoms with Gasteiger partial charge in [0.15, 0.2) is 0 Å². The predicted octanol–water partition coefficient (Wildman–Crippen LogP) is 4.42. The van der Waals surface area contributed by atoms with E-state index in [1.807, 2.05) is 6.07 Å². The van der Waals surface area contributed by atoms with Gasteiger partial charge in [0.25, 0.3) is 0 Å². The molecule has 2 atom stereocenters. The van der Waals surface area contributed by atoms with E-state index < -0.39 is 0 Å². The molecule has 4 rings (SSSR count). The van der Waals surface area contributed by atoms with E-state index in [2.05, 4.69) is 19.9 Å². The summed E-state index contributed by atoms with van der Waals surface area (Å²) in [6.45, 7) is 4.31. The number of ketones is 1. The second kappa shape index (κ2) is 4.98. The number of hydrogen-bond acceptors (Lipinski definition) is 3. The van der Waals surface area contributed by atoms with Crippen molar-refractivity contribution in [1.29, 1.82) is 0 Å². The third kappa shape index (κ3) is 2.30. The van der Waals surface area contributed by atoms with Crippen LogP contribution in [0.3, 0.4) is 0 Å². The number of carbonyl (C=O) groups excluding carboxylic acids is 1. The molecule has 1 aliphatic heterocycles. The van der Waals surface area contributed by atoms with E-state index in [9.17, 15) is 9.90 Å². The molecule has 0 radical (unpaired) electrons. The highest BCUT2D eigenvalue weighted by Gasteiger charge is 2.46. The first kappa shape index (κ1) is 14.6. The van der Waals surface area contributed by atoms with Gasteiger partial charge in [-0.1, -0.05) is 17.2 Å². The minimum absolute atomic E-state index is 0.0537. The van der Waals surface area contributed by atoms with Crippen molar-refractivity contribution in [2.75, 3.05) is 0 Å². The Labute approximate surface area is 136 Å². The highest BCUT2D eigenvalue weighted by atomic mass is 16.5. The number of ether oxygens (including phenoxy) is 1. The zero-order valence-corrected chi connectivity index (χ0v) is 13.7. The first-order valence-corrected chi connectivity index (χ1v) is 8.38. The lowest BCUT2D eigenvalue weighted by molar-refractivity contribution is -0.119. The molecule has 1 heterocycles. The standard InChI is InChI=1S/C20H22O3/c1-12-4-3-7-20(2)19-13(8-12)9-15(22)11-17(19)16-10-14(21)5-6-18(16)23-20/h4-6,10,17,21H,3,7-9,11H2,1-2H3. The first-order valence-electron chi connectivity index (χ1n) is 8.38. The predicted molar refractivity (Wildman–Crippen MR) is 88.8 cm³/mol. The van der Waals surface area contributed by atoms with Gasteiger partial charge in [0.1, 0.15) is 22.9 Å². The van der Waals surface area contributed by atoms with Crippen molar-refractivity contribution in [3.8, 4) is 11.5 Å². The van der Waals surface area contributed by atoms with Crippen molar-refractivity contribution in [3.63, 3.8) is 0 Å². The van der Waals surface area contributed by atoms with Gasteiger partial charge in [0.05, 0.1) is 0 Å². The van der Waals surface area contributed by atoms with Crippen LogP contribution in [0, 0.1) is 0 Å². The van der Waals surface area contributed by atoms with Crippen LogP contribution in [0.2, 0.25) is 0 Å². The summed E-state index contributed by atoms with van der Waals surface area (Å²) in [5, 5.41) is 9.89. The summed E-state index contributed by atoms with van der Waals surface area (Å²) < 4.78 is 6.41. The third-order valence-corrected chi connectivity index (χ3v) is 5.45. The second-order valence-electron chi connectivity index (χ2n) is 7.31. The minimum Gasteiger partial charge on any atom is -0.508 e. The van der Waals surface area contributed by atoms with Gasteiger partial charge in [-0.2, -0.15) is 0 Å². The number of allylic oxidation sites excluding steroid dienone is 3. The fraction of sp³-hybridized carbons (Fsp3) is 0.450. The summed E-state index contributed by atoms with van der Waals surface area (Å²) in [6.07, 6.45) is 6.13. The monoisotopic (exact) mass is 310 g/mol. The van der Waals surface area contributed by atoms with Crippen LogP contribution >= 0.6 is 0 Å². The lowest BCUT2D eigenvalue weighted by Crippen LogP contribution is -2.44.